The SMILES string of the molecule is CC(C)(C)CCCS(=O)(=O)CC(c1ccccc1)c1cccc(OCC2CC2)c1. The topological polar surface area (TPSA) is 43.4 Å². The van der Waals surface area contributed by atoms with Crippen LogP contribution in [0.15, 0.2) is 54.6 Å². The minimum absolute atomic E-state index is 0.132. The van der Waals surface area contributed by atoms with E-state index in [9.17, 15) is 8.42 Å². The Morgan fingerprint density at radius 1 is 1.00 bits per heavy atom. The van der Waals surface area contributed by atoms with Crippen molar-refractivity contribution in [2.75, 3.05) is 18.1 Å². The molecule has 1 unspecified atom stereocenters. The molecule has 3 nitrogen and oxygen atoms in total. The monoisotopic (exact) mass is 414 g/mol. The van der Waals surface area contributed by atoms with Gasteiger partial charge in [-0.3, -0.25) is 0 Å². The summed E-state index contributed by atoms with van der Waals surface area (Å²) < 4.78 is 31.8. The smallest absolute Gasteiger partial charge is 0.151 e. The third-order valence-electron chi connectivity index (χ3n) is 5.45. The van der Waals surface area contributed by atoms with Crippen LogP contribution in [-0.4, -0.2) is 26.5 Å². The Hall–Kier alpha value is -1.81. The van der Waals surface area contributed by atoms with Crippen LogP contribution in [0.2, 0.25) is 0 Å². The second-order valence-electron chi connectivity index (χ2n) is 9.57. The molecule has 2 aromatic rings. The highest BCUT2D eigenvalue weighted by Crippen LogP contribution is 2.32. The minimum atomic E-state index is -3.17. The fourth-order valence-electron chi connectivity index (χ4n) is 3.55. The van der Waals surface area contributed by atoms with E-state index in [1.807, 2.05) is 54.6 Å². The molecule has 29 heavy (non-hydrogen) atoms. The molecule has 0 N–H and O–H groups in total. The molecule has 1 aliphatic rings. The first-order valence-electron chi connectivity index (χ1n) is 10.7. The molecule has 3 rings (SSSR count). The second kappa shape index (κ2) is 9.34. The van der Waals surface area contributed by atoms with Crippen molar-refractivity contribution < 1.29 is 13.2 Å². The van der Waals surface area contributed by atoms with Gasteiger partial charge in [0.15, 0.2) is 9.84 Å². The molecule has 0 radical (unpaired) electrons. The van der Waals surface area contributed by atoms with Crippen LogP contribution >= 0.6 is 0 Å². The molecule has 0 aliphatic heterocycles. The predicted octanol–water partition coefficient (Wildman–Crippen LogP) is 5.85. The lowest BCUT2D eigenvalue weighted by Crippen LogP contribution is -2.20. The van der Waals surface area contributed by atoms with E-state index in [-0.39, 0.29) is 22.8 Å². The van der Waals surface area contributed by atoms with Gasteiger partial charge in [-0.1, -0.05) is 63.2 Å². The van der Waals surface area contributed by atoms with Gasteiger partial charge in [0.2, 0.25) is 0 Å². The van der Waals surface area contributed by atoms with Gasteiger partial charge in [0.1, 0.15) is 5.75 Å². The summed E-state index contributed by atoms with van der Waals surface area (Å²) in [6.07, 6.45) is 4.11. The van der Waals surface area contributed by atoms with Gasteiger partial charge in [0.25, 0.3) is 0 Å². The summed E-state index contributed by atoms with van der Waals surface area (Å²) in [7, 11) is -3.17. The minimum Gasteiger partial charge on any atom is -0.493 e. The molecule has 1 aliphatic carbocycles. The Labute approximate surface area is 176 Å². The van der Waals surface area contributed by atoms with Gasteiger partial charge < -0.3 is 4.74 Å². The molecule has 158 valence electrons. The number of sulfone groups is 1. The van der Waals surface area contributed by atoms with Gasteiger partial charge in [-0.2, -0.15) is 0 Å². The van der Waals surface area contributed by atoms with Crippen molar-refractivity contribution in [1.29, 1.82) is 0 Å². The van der Waals surface area contributed by atoms with Gasteiger partial charge in [-0.05, 0) is 60.3 Å². The highest BCUT2D eigenvalue weighted by atomic mass is 32.2. The maximum absolute atomic E-state index is 13.0. The van der Waals surface area contributed by atoms with Crippen molar-refractivity contribution in [2.24, 2.45) is 11.3 Å². The van der Waals surface area contributed by atoms with Crippen molar-refractivity contribution in [2.45, 2.75) is 52.4 Å². The lowest BCUT2D eigenvalue weighted by atomic mass is 9.91. The number of rotatable bonds is 10. The maximum atomic E-state index is 13.0. The van der Waals surface area contributed by atoms with Crippen LogP contribution in [0.4, 0.5) is 0 Å². The quantitative estimate of drug-likeness (QED) is 0.490. The maximum Gasteiger partial charge on any atom is 0.151 e. The lowest BCUT2D eigenvalue weighted by Gasteiger charge is -2.21. The summed E-state index contributed by atoms with van der Waals surface area (Å²) in [5, 5.41) is 0. The molecule has 0 amide bonds. The van der Waals surface area contributed by atoms with E-state index in [1.165, 1.54) is 12.8 Å². The first-order valence-corrected chi connectivity index (χ1v) is 12.5. The van der Waals surface area contributed by atoms with E-state index in [4.69, 9.17) is 4.74 Å². The zero-order valence-electron chi connectivity index (χ0n) is 17.9. The van der Waals surface area contributed by atoms with E-state index < -0.39 is 9.84 Å². The van der Waals surface area contributed by atoms with Gasteiger partial charge >= 0.3 is 0 Å². The number of hydrogen-bond donors (Lipinski definition) is 0. The van der Waals surface area contributed by atoms with Crippen molar-refractivity contribution in [3.8, 4) is 5.75 Å². The molecule has 4 heteroatoms. The van der Waals surface area contributed by atoms with Crippen LogP contribution in [0, 0.1) is 11.3 Å². The second-order valence-corrected chi connectivity index (χ2v) is 11.8. The van der Waals surface area contributed by atoms with Crippen LogP contribution in [0.25, 0.3) is 0 Å². The average Bonchev–Trinajstić information content (AvgIpc) is 3.49. The summed E-state index contributed by atoms with van der Waals surface area (Å²) in [5.74, 6) is 1.71. The number of ether oxygens (including phenoxy) is 1. The van der Waals surface area contributed by atoms with Crippen molar-refractivity contribution in [3.05, 3.63) is 65.7 Å². The van der Waals surface area contributed by atoms with Crippen LogP contribution in [0.3, 0.4) is 0 Å². The van der Waals surface area contributed by atoms with E-state index in [0.717, 1.165) is 29.9 Å². The van der Waals surface area contributed by atoms with E-state index in [0.29, 0.717) is 12.3 Å². The zero-order chi connectivity index (χ0) is 20.9. The molecule has 0 heterocycles. The summed E-state index contributed by atoms with van der Waals surface area (Å²) in [4.78, 5) is 0. The molecule has 1 saturated carbocycles. The van der Waals surface area contributed by atoms with E-state index in [2.05, 4.69) is 20.8 Å². The molecular weight excluding hydrogens is 380 g/mol. The Morgan fingerprint density at radius 3 is 2.34 bits per heavy atom. The van der Waals surface area contributed by atoms with Crippen LogP contribution in [0.1, 0.15) is 63.5 Å². The standard InChI is InChI=1S/C25H34O3S/c1-25(2,3)15-8-16-29(26,27)19-24(21-9-5-4-6-10-21)22-11-7-12-23(17-22)28-18-20-13-14-20/h4-7,9-12,17,20,24H,8,13-16,18-19H2,1-3H3. The summed E-state index contributed by atoms with van der Waals surface area (Å²) >= 11 is 0. The zero-order valence-corrected chi connectivity index (χ0v) is 18.8. The number of benzene rings is 2. The van der Waals surface area contributed by atoms with Gasteiger partial charge in [0.05, 0.1) is 18.1 Å². The molecule has 0 aromatic heterocycles. The highest BCUT2D eigenvalue weighted by molar-refractivity contribution is 7.91. The van der Waals surface area contributed by atoms with Gasteiger partial charge in [0, 0.05) is 5.92 Å². The van der Waals surface area contributed by atoms with Crippen molar-refractivity contribution in [3.63, 3.8) is 0 Å². The largest absolute Gasteiger partial charge is 0.493 e. The summed E-state index contributed by atoms with van der Waals surface area (Å²) in [5.41, 5.74) is 2.19. The van der Waals surface area contributed by atoms with Gasteiger partial charge in [-0.25, -0.2) is 8.42 Å². The lowest BCUT2D eigenvalue weighted by molar-refractivity contribution is 0.299. The molecule has 0 bridgehead atoms. The third-order valence-corrected chi connectivity index (χ3v) is 7.20. The van der Waals surface area contributed by atoms with E-state index in [1.54, 1.807) is 0 Å². The fraction of sp³-hybridized carbons (Fsp3) is 0.520. The fourth-order valence-corrected chi connectivity index (χ4v) is 5.19. The highest BCUT2D eigenvalue weighted by Gasteiger charge is 2.25. The van der Waals surface area contributed by atoms with Crippen LogP contribution in [-0.2, 0) is 9.84 Å². The first kappa shape index (κ1) is 21.9. The summed E-state index contributed by atoms with van der Waals surface area (Å²) in [6, 6.07) is 17.9. The molecule has 0 spiro atoms. The van der Waals surface area contributed by atoms with Gasteiger partial charge in [-0.15, -0.1) is 0 Å². The average molecular weight is 415 g/mol. The normalized spacial score (nSPS) is 15.8. The molecule has 1 fully saturated rings. The third kappa shape index (κ3) is 7.50. The predicted molar refractivity (Wildman–Crippen MR) is 120 cm³/mol. The first-order chi connectivity index (χ1) is 13.7. The Balaban J connectivity index is 1.77. The number of hydrogen-bond acceptors (Lipinski definition) is 3. The molecule has 0 saturated heterocycles. The Bertz CT molecular complexity index is 878. The molecule has 2 aromatic carbocycles. The van der Waals surface area contributed by atoms with Crippen molar-refractivity contribution >= 4 is 9.84 Å². The summed E-state index contributed by atoms with van der Waals surface area (Å²) in [6.45, 7) is 7.21. The Kier molecular flexibility index (Phi) is 7.05. The van der Waals surface area contributed by atoms with Crippen molar-refractivity contribution in [1.82, 2.24) is 0 Å². The van der Waals surface area contributed by atoms with Crippen LogP contribution in [0.5, 0.6) is 5.75 Å². The molecule has 1 atom stereocenters. The van der Waals surface area contributed by atoms with E-state index >= 15 is 0 Å². The Morgan fingerprint density at radius 2 is 1.69 bits per heavy atom. The molecular formula is C25H34O3S. The van der Waals surface area contributed by atoms with Crippen LogP contribution < -0.4 is 4.74 Å².